The monoisotopic (exact) mass is 296 g/mol. The van der Waals surface area contributed by atoms with Crippen LogP contribution < -0.4 is 5.32 Å². The lowest BCUT2D eigenvalue weighted by atomic mass is 10.1. The van der Waals surface area contributed by atoms with E-state index in [9.17, 15) is 4.79 Å². The molecule has 0 bridgehead atoms. The van der Waals surface area contributed by atoms with Gasteiger partial charge in [0.1, 0.15) is 6.10 Å². The molecule has 2 rings (SSSR count). The number of hydrogen-bond acceptors (Lipinski definition) is 3. The summed E-state index contributed by atoms with van der Waals surface area (Å²) >= 11 is 6.08. The minimum Gasteiger partial charge on any atom is -0.446 e. The Labute approximate surface area is 125 Å². The number of rotatable bonds is 3. The Morgan fingerprint density at radius 1 is 1.45 bits per heavy atom. The van der Waals surface area contributed by atoms with Crippen molar-refractivity contribution < 1.29 is 9.53 Å². The van der Waals surface area contributed by atoms with Gasteiger partial charge in [-0.2, -0.15) is 0 Å². The zero-order chi connectivity index (χ0) is 14.5. The van der Waals surface area contributed by atoms with Crippen LogP contribution in [0.4, 0.5) is 10.5 Å². The highest BCUT2D eigenvalue weighted by Crippen LogP contribution is 2.25. The molecule has 1 aliphatic heterocycles. The molecule has 1 saturated heterocycles. The molecule has 20 heavy (non-hydrogen) atoms. The Morgan fingerprint density at radius 2 is 2.15 bits per heavy atom. The molecule has 5 heteroatoms. The van der Waals surface area contributed by atoms with Gasteiger partial charge >= 0.3 is 6.09 Å². The van der Waals surface area contributed by atoms with Gasteiger partial charge in [0.2, 0.25) is 0 Å². The van der Waals surface area contributed by atoms with E-state index in [1.807, 2.05) is 19.1 Å². The molecule has 0 spiro atoms. The third kappa shape index (κ3) is 3.87. The van der Waals surface area contributed by atoms with Gasteiger partial charge in [-0.1, -0.05) is 30.7 Å². The van der Waals surface area contributed by atoms with Crippen LogP contribution in [0, 0.1) is 6.92 Å². The van der Waals surface area contributed by atoms with E-state index in [1.165, 1.54) is 0 Å². The SMILES string of the molecule is CCN1CCC(OC(=O)Nc2c(C)cccc2Cl)CC1. The third-order valence-corrected chi connectivity index (χ3v) is 4.02. The van der Waals surface area contributed by atoms with Crippen LogP contribution in [-0.4, -0.2) is 36.7 Å². The van der Waals surface area contributed by atoms with Crippen LogP contribution in [0.2, 0.25) is 5.02 Å². The van der Waals surface area contributed by atoms with Gasteiger partial charge in [-0.3, -0.25) is 5.32 Å². The maximum absolute atomic E-state index is 11.9. The third-order valence-electron chi connectivity index (χ3n) is 3.70. The summed E-state index contributed by atoms with van der Waals surface area (Å²) < 4.78 is 5.46. The summed E-state index contributed by atoms with van der Waals surface area (Å²) in [6.45, 7) is 7.08. The summed E-state index contributed by atoms with van der Waals surface area (Å²) in [6, 6.07) is 5.51. The predicted octanol–water partition coefficient (Wildman–Crippen LogP) is 3.68. The molecule has 0 atom stereocenters. The molecule has 1 heterocycles. The van der Waals surface area contributed by atoms with Crippen LogP contribution >= 0.6 is 11.6 Å². The molecule has 0 saturated carbocycles. The number of aryl methyl sites for hydroxylation is 1. The molecule has 110 valence electrons. The molecule has 1 fully saturated rings. The van der Waals surface area contributed by atoms with E-state index in [0.717, 1.165) is 38.0 Å². The zero-order valence-corrected chi connectivity index (χ0v) is 12.7. The van der Waals surface area contributed by atoms with Crippen molar-refractivity contribution in [3.8, 4) is 0 Å². The number of carbonyl (C=O) groups is 1. The summed E-state index contributed by atoms with van der Waals surface area (Å²) in [5.74, 6) is 0. The molecule has 0 unspecified atom stereocenters. The number of nitrogens with zero attached hydrogens (tertiary/aromatic N) is 1. The van der Waals surface area contributed by atoms with Crippen molar-refractivity contribution in [2.24, 2.45) is 0 Å². The van der Waals surface area contributed by atoms with Gasteiger partial charge in [-0.25, -0.2) is 4.79 Å². The normalized spacial score (nSPS) is 16.9. The Balaban J connectivity index is 1.87. The van der Waals surface area contributed by atoms with Crippen molar-refractivity contribution in [1.29, 1.82) is 0 Å². The summed E-state index contributed by atoms with van der Waals surface area (Å²) in [5.41, 5.74) is 1.56. The molecule has 1 aliphatic rings. The van der Waals surface area contributed by atoms with E-state index < -0.39 is 6.09 Å². The number of carbonyl (C=O) groups excluding carboxylic acids is 1. The first-order valence-corrected chi connectivity index (χ1v) is 7.43. The summed E-state index contributed by atoms with van der Waals surface area (Å²) in [7, 11) is 0. The molecular weight excluding hydrogens is 276 g/mol. The van der Waals surface area contributed by atoms with E-state index >= 15 is 0 Å². The molecule has 1 N–H and O–H groups in total. The van der Waals surface area contributed by atoms with Gasteiger partial charge < -0.3 is 9.64 Å². The average Bonchev–Trinajstić information content (AvgIpc) is 2.44. The number of halogens is 1. The molecule has 1 aromatic rings. The highest BCUT2D eigenvalue weighted by atomic mass is 35.5. The smallest absolute Gasteiger partial charge is 0.411 e. The number of nitrogens with one attached hydrogen (secondary N) is 1. The number of likely N-dealkylation sites (tertiary alicyclic amines) is 1. The van der Waals surface area contributed by atoms with E-state index in [4.69, 9.17) is 16.3 Å². The summed E-state index contributed by atoms with van der Waals surface area (Å²) in [4.78, 5) is 14.3. The molecule has 0 aromatic heterocycles. The lowest BCUT2D eigenvalue weighted by Gasteiger charge is -2.30. The predicted molar refractivity (Wildman–Crippen MR) is 81.4 cm³/mol. The van der Waals surface area contributed by atoms with Crippen LogP contribution in [0.1, 0.15) is 25.3 Å². The van der Waals surface area contributed by atoms with Crippen LogP contribution in [-0.2, 0) is 4.74 Å². The maximum Gasteiger partial charge on any atom is 0.411 e. The van der Waals surface area contributed by atoms with Crippen molar-refractivity contribution in [1.82, 2.24) is 4.90 Å². The number of hydrogen-bond donors (Lipinski definition) is 1. The second kappa shape index (κ2) is 6.95. The number of amides is 1. The molecule has 1 amide bonds. The lowest BCUT2D eigenvalue weighted by molar-refractivity contribution is 0.0606. The Bertz CT molecular complexity index is 451. The number of benzene rings is 1. The largest absolute Gasteiger partial charge is 0.446 e. The number of piperidine rings is 1. The zero-order valence-electron chi connectivity index (χ0n) is 12.0. The van der Waals surface area contributed by atoms with Crippen molar-refractivity contribution >= 4 is 23.4 Å². The Morgan fingerprint density at radius 3 is 2.75 bits per heavy atom. The first kappa shape index (κ1) is 15.1. The maximum atomic E-state index is 11.9. The van der Waals surface area contributed by atoms with Crippen LogP contribution in [0.5, 0.6) is 0 Å². The highest BCUT2D eigenvalue weighted by Gasteiger charge is 2.21. The molecular formula is C15H21ClN2O2. The minimum atomic E-state index is -0.420. The van der Waals surface area contributed by atoms with Gasteiger partial charge in [0.25, 0.3) is 0 Å². The van der Waals surface area contributed by atoms with E-state index in [-0.39, 0.29) is 6.10 Å². The van der Waals surface area contributed by atoms with Crippen LogP contribution in [0.15, 0.2) is 18.2 Å². The van der Waals surface area contributed by atoms with E-state index in [1.54, 1.807) is 6.07 Å². The number of anilines is 1. The summed E-state index contributed by atoms with van der Waals surface area (Å²) in [5, 5.41) is 3.27. The van der Waals surface area contributed by atoms with E-state index in [2.05, 4.69) is 17.1 Å². The molecule has 1 aromatic carbocycles. The fraction of sp³-hybridized carbons (Fsp3) is 0.533. The topological polar surface area (TPSA) is 41.6 Å². The number of ether oxygens (including phenoxy) is 1. The van der Waals surface area contributed by atoms with Gasteiger partial charge in [0.05, 0.1) is 10.7 Å². The average molecular weight is 297 g/mol. The Hall–Kier alpha value is -1.26. The second-order valence-electron chi connectivity index (χ2n) is 5.10. The fourth-order valence-corrected chi connectivity index (χ4v) is 2.69. The van der Waals surface area contributed by atoms with Gasteiger partial charge in [-0.05, 0) is 37.9 Å². The first-order valence-electron chi connectivity index (χ1n) is 7.05. The van der Waals surface area contributed by atoms with Crippen molar-refractivity contribution in [2.75, 3.05) is 25.0 Å². The molecule has 4 nitrogen and oxygen atoms in total. The van der Waals surface area contributed by atoms with E-state index in [0.29, 0.717) is 10.7 Å². The first-order chi connectivity index (χ1) is 9.60. The Kier molecular flexibility index (Phi) is 5.26. The van der Waals surface area contributed by atoms with Gasteiger partial charge in [0.15, 0.2) is 0 Å². The second-order valence-corrected chi connectivity index (χ2v) is 5.50. The number of para-hydroxylation sites is 1. The van der Waals surface area contributed by atoms with Gasteiger partial charge in [0, 0.05) is 13.1 Å². The van der Waals surface area contributed by atoms with Crippen LogP contribution in [0.25, 0.3) is 0 Å². The minimum absolute atomic E-state index is 0.000550. The quantitative estimate of drug-likeness (QED) is 0.925. The van der Waals surface area contributed by atoms with Crippen molar-refractivity contribution in [2.45, 2.75) is 32.8 Å². The van der Waals surface area contributed by atoms with Crippen molar-refractivity contribution in [3.05, 3.63) is 28.8 Å². The molecule has 0 aliphatic carbocycles. The summed E-state index contributed by atoms with van der Waals surface area (Å²) in [6.07, 6.45) is 1.36. The van der Waals surface area contributed by atoms with Crippen LogP contribution in [0.3, 0.4) is 0 Å². The fourth-order valence-electron chi connectivity index (χ4n) is 2.42. The lowest BCUT2D eigenvalue weighted by Crippen LogP contribution is -2.38. The molecule has 0 radical (unpaired) electrons. The van der Waals surface area contributed by atoms with Gasteiger partial charge in [-0.15, -0.1) is 0 Å². The highest BCUT2D eigenvalue weighted by molar-refractivity contribution is 6.33. The standard InChI is InChI=1S/C15H21ClN2O2/c1-3-18-9-7-12(8-10-18)20-15(19)17-14-11(2)5-4-6-13(14)16/h4-6,12H,3,7-10H2,1-2H3,(H,17,19). The van der Waals surface area contributed by atoms with Crippen molar-refractivity contribution in [3.63, 3.8) is 0 Å².